The van der Waals surface area contributed by atoms with E-state index in [0.29, 0.717) is 13.1 Å². The Labute approximate surface area is 174 Å². The van der Waals surface area contributed by atoms with Crippen molar-refractivity contribution in [3.05, 3.63) is 65.3 Å². The molecule has 7 heteroatoms. The Balaban J connectivity index is 0.00000225. The van der Waals surface area contributed by atoms with Crippen molar-refractivity contribution >= 4 is 45.5 Å². The molecule has 0 radical (unpaired) electrons. The molecule has 3 heterocycles. The Hall–Kier alpha value is -2.28. The van der Waals surface area contributed by atoms with Crippen LogP contribution < -0.4 is 5.32 Å². The maximum Gasteiger partial charge on any atom is 0.223 e. The maximum absolute atomic E-state index is 12.8. The standard InChI is InChI=1S/C21H21N3O2S.ClH/c25-19(17-14-27-20-6-2-1-5-16(17)20)7-8-21(26)24-11-10-23-13-18(24)15-4-3-9-22-12-15;/h1-6,9,12,14,18,23H,7-8,10-11,13H2;1H. The zero-order valence-corrected chi connectivity index (χ0v) is 17.0. The Morgan fingerprint density at radius 1 is 1.18 bits per heavy atom. The van der Waals surface area contributed by atoms with Crippen molar-refractivity contribution in [2.24, 2.45) is 0 Å². The van der Waals surface area contributed by atoms with Crippen molar-refractivity contribution in [1.82, 2.24) is 15.2 Å². The van der Waals surface area contributed by atoms with E-state index < -0.39 is 0 Å². The lowest BCUT2D eigenvalue weighted by Crippen LogP contribution is -2.48. The smallest absolute Gasteiger partial charge is 0.223 e. The van der Waals surface area contributed by atoms with Crippen molar-refractivity contribution in [1.29, 1.82) is 0 Å². The van der Waals surface area contributed by atoms with Crippen molar-refractivity contribution < 1.29 is 9.59 Å². The number of aromatic nitrogens is 1. The molecule has 1 aliphatic rings. The van der Waals surface area contributed by atoms with E-state index in [9.17, 15) is 9.59 Å². The molecule has 1 aromatic carbocycles. The second kappa shape index (κ2) is 9.28. The number of thiophene rings is 1. The highest BCUT2D eigenvalue weighted by molar-refractivity contribution is 7.17. The number of piperazine rings is 1. The van der Waals surface area contributed by atoms with E-state index in [4.69, 9.17) is 0 Å². The van der Waals surface area contributed by atoms with E-state index in [0.717, 1.165) is 27.8 Å². The number of carbonyl (C=O) groups excluding carboxylic acids is 2. The van der Waals surface area contributed by atoms with Crippen LogP contribution in [0.4, 0.5) is 0 Å². The van der Waals surface area contributed by atoms with Gasteiger partial charge >= 0.3 is 0 Å². The highest BCUT2D eigenvalue weighted by atomic mass is 35.5. The minimum atomic E-state index is -0.0305. The quantitative estimate of drug-likeness (QED) is 0.643. The second-order valence-electron chi connectivity index (χ2n) is 6.66. The molecular formula is C21H22ClN3O2S. The van der Waals surface area contributed by atoms with Crippen LogP contribution in [-0.4, -0.2) is 41.2 Å². The first kappa shape index (κ1) is 20.5. The molecule has 1 aliphatic heterocycles. The normalized spacial score (nSPS) is 16.6. The van der Waals surface area contributed by atoms with Crippen LogP contribution in [0.3, 0.4) is 0 Å². The summed E-state index contributed by atoms with van der Waals surface area (Å²) < 4.78 is 1.10. The highest BCUT2D eigenvalue weighted by Gasteiger charge is 2.28. The van der Waals surface area contributed by atoms with E-state index in [1.54, 1.807) is 23.7 Å². The molecule has 0 spiro atoms. The summed E-state index contributed by atoms with van der Waals surface area (Å²) in [7, 11) is 0. The summed E-state index contributed by atoms with van der Waals surface area (Å²) in [6.45, 7) is 2.13. The molecule has 3 aromatic rings. The largest absolute Gasteiger partial charge is 0.333 e. The van der Waals surface area contributed by atoms with E-state index >= 15 is 0 Å². The molecular weight excluding hydrogens is 394 g/mol. The molecule has 28 heavy (non-hydrogen) atoms. The van der Waals surface area contributed by atoms with Gasteiger partial charge in [0.05, 0.1) is 6.04 Å². The zero-order chi connectivity index (χ0) is 18.6. The monoisotopic (exact) mass is 415 g/mol. The second-order valence-corrected chi connectivity index (χ2v) is 7.57. The van der Waals surface area contributed by atoms with Gasteiger partial charge in [0, 0.05) is 65.9 Å². The molecule has 1 unspecified atom stereocenters. The Morgan fingerprint density at radius 2 is 2.04 bits per heavy atom. The molecule has 1 fully saturated rings. The molecule has 0 saturated carbocycles. The lowest BCUT2D eigenvalue weighted by molar-refractivity contribution is -0.134. The number of halogens is 1. The summed E-state index contributed by atoms with van der Waals surface area (Å²) in [6.07, 6.45) is 4.01. The number of pyridine rings is 1. The van der Waals surface area contributed by atoms with Crippen molar-refractivity contribution in [2.45, 2.75) is 18.9 Å². The molecule has 1 amide bonds. The molecule has 4 rings (SSSR count). The third-order valence-electron chi connectivity index (χ3n) is 4.98. The fourth-order valence-corrected chi connectivity index (χ4v) is 4.53. The average Bonchev–Trinajstić information content (AvgIpc) is 3.17. The molecule has 0 bridgehead atoms. The lowest BCUT2D eigenvalue weighted by atomic mass is 10.0. The topological polar surface area (TPSA) is 62.3 Å². The van der Waals surface area contributed by atoms with E-state index in [1.807, 2.05) is 46.7 Å². The van der Waals surface area contributed by atoms with Gasteiger partial charge in [-0.15, -0.1) is 23.7 Å². The first-order valence-electron chi connectivity index (χ1n) is 9.13. The fourth-order valence-electron chi connectivity index (χ4n) is 3.57. The van der Waals surface area contributed by atoms with E-state index in [1.165, 1.54) is 0 Å². The van der Waals surface area contributed by atoms with Gasteiger partial charge in [-0.25, -0.2) is 0 Å². The van der Waals surface area contributed by atoms with Crippen LogP contribution in [0.2, 0.25) is 0 Å². The number of Topliss-reactive ketones (excluding diaryl/α,β-unsaturated/α-hetero) is 1. The lowest BCUT2D eigenvalue weighted by Gasteiger charge is -2.36. The van der Waals surface area contributed by atoms with Crippen molar-refractivity contribution in [3.63, 3.8) is 0 Å². The van der Waals surface area contributed by atoms with E-state index in [-0.39, 0.29) is 43.0 Å². The molecule has 146 valence electrons. The highest BCUT2D eigenvalue weighted by Crippen LogP contribution is 2.27. The number of amides is 1. The molecule has 1 saturated heterocycles. The maximum atomic E-state index is 12.8. The Bertz CT molecular complexity index is 960. The molecule has 1 N–H and O–H groups in total. The number of rotatable bonds is 5. The van der Waals surface area contributed by atoms with Crippen LogP contribution >= 0.6 is 23.7 Å². The summed E-state index contributed by atoms with van der Waals surface area (Å²) >= 11 is 1.57. The predicted molar refractivity (Wildman–Crippen MR) is 114 cm³/mol. The predicted octanol–water partition coefficient (Wildman–Crippen LogP) is 3.85. The number of ketones is 1. The number of hydrogen-bond donors (Lipinski definition) is 1. The summed E-state index contributed by atoms with van der Waals surface area (Å²) in [5, 5.41) is 6.22. The summed E-state index contributed by atoms with van der Waals surface area (Å²) in [5.74, 6) is 0.0621. The van der Waals surface area contributed by atoms with Crippen LogP contribution in [0.1, 0.15) is 34.8 Å². The van der Waals surface area contributed by atoms with Gasteiger partial charge < -0.3 is 10.2 Å². The number of fused-ring (bicyclic) bond motifs is 1. The first-order chi connectivity index (χ1) is 13.2. The minimum Gasteiger partial charge on any atom is -0.333 e. The molecule has 1 atom stereocenters. The minimum absolute atomic E-state index is 0. The molecule has 5 nitrogen and oxygen atoms in total. The van der Waals surface area contributed by atoms with Crippen LogP contribution in [0.15, 0.2) is 54.2 Å². The van der Waals surface area contributed by atoms with Crippen LogP contribution in [0.25, 0.3) is 10.1 Å². The van der Waals surface area contributed by atoms with Gasteiger partial charge in [-0.05, 0) is 17.7 Å². The molecule has 0 aliphatic carbocycles. The van der Waals surface area contributed by atoms with Crippen LogP contribution in [0, 0.1) is 0 Å². The van der Waals surface area contributed by atoms with Gasteiger partial charge in [-0.3, -0.25) is 14.6 Å². The number of carbonyl (C=O) groups is 2. The number of nitrogens with one attached hydrogen (secondary N) is 1. The number of benzene rings is 1. The van der Waals surface area contributed by atoms with Gasteiger partial charge in [-0.1, -0.05) is 24.3 Å². The van der Waals surface area contributed by atoms with Gasteiger partial charge in [0.25, 0.3) is 0 Å². The zero-order valence-electron chi connectivity index (χ0n) is 15.3. The average molecular weight is 416 g/mol. The van der Waals surface area contributed by atoms with E-state index in [2.05, 4.69) is 10.3 Å². The Kier molecular flexibility index (Phi) is 6.78. The third kappa shape index (κ3) is 4.24. The summed E-state index contributed by atoms with van der Waals surface area (Å²) in [5.41, 5.74) is 1.75. The van der Waals surface area contributed by atoms with Gasteiger partial charge in [0.2, 0.25) is 5.91 Å². The summed E-state index contributed by atoms with van der Waals surface area (Å²) in [6, 6.07) is 11.7. The van der Waals surface area contributed by atoms with Crippen molar-refractivity contribution in [2.75, 3.05) is 19.6 Å². The number of hydrogen-bond acceptors (Lipinski definition) is 5. The molecule has 2 aromatic heterocycles. The van der Waals surface area contributed by atoms with Gasteiger partial charge in [0.1, 0.15) is 0 Å². The van der Waals surface area contributed by atoms with Gasteiger partial charge in [0.15, 0.2) is 5.78 Å². The SMILES string of the molecule is Cl.O=C(CCC(=O)N1CCNCC1c1cccnc1)c1csc2ccccc12. The number of nitrogens with zero attached hydrogens (tertiary/aromatic N) is 2. The fraction of sp³-hybridized carbons (Fsp3) is 0.286. The van der Waals surface area contributed by atoms with Gasteiger partial charge in [-0.2, -0.15) is 0 Å². The third-order valence-corrected chi connectivity index (χ3v) is 5.94. The Morgan fingerprint density at radius 3 is 2.86 bits per heavy atom. The van der Waals surface area contributed by atoms with Crippen molar-refractivity contribution in [3.8, 4) is 0 Å². The van der Waals surface area contributed by atoms with Crippen LogP contribution in [0.5, 0.6) is 0 Å². The first-order valence-corrected chi connectivity index (χ1v) is 10.0. The summed E-state index contributed by atoms with van der Waals surface area (Å²) in [4.78, 5) is 31.6. The van der Waals surface area contributed by atoms with Crippen LogP contribution in [-0.2, 0) is 4.79 Å².